The standard InChI is InChI=1S/C10H22.Cl2P/c1-3-5-7-9-10-8-6-4-2;1-3-2/h3-10H2,1-2H3;. The maximum atomic E-state index is 4.74. The maximum absolute atomic E-state index is 4.74. The molecule has 0 aromatic carbocycles. The van der Waals surface area contributed by atoms with Gasteiger partial charge in [-0.15, -0.1) is 0 Å². The van der Waals surface area contributed by atoms with E-state index in [0.717, 1.165) is 0 Å². The Morgan fingerprint density at radius 3 is 1.15 bits per heavy atom. The second kappa shape index (κ2) is 18.7. The summed E-state index contributed by atoms with van der Waals surface area (Å²) >= 11 is 9.47. The van der Waals surface area contributed by atoms with E-state index in [9.17, 15) is 0 Å². The van der Waals surface area contributed by atoms with Gasteiger partial charge in [0.2, 0.25) is 0 Å². The molecule has 3 heteroatoms. The van der Waals surface area contributed by atoms with Crippen LogP contribution >= 0.6 is 29.8 Å². The summed E-state index contributed by atoms with van der Waals surface area (Å²) in [6.07, 6.45) is 11.5. The Balaban J connectivity index is 0. The average Bonchev–Trinajstić information content (AvgIpc) is 2.13. The molecule has 0 aromatic heterocycles. The van der Waals surface area contributed by atoms with E-state index in [1.165, 1.54) is 51.4 Å². The van der Waals surface area contributed by atoms with E-state index in [1.54, 1.807) is 0 Å². The second-order valence-electron chi connectivity index (χ2n) is 3.19. The lowest BCUT2D eigenvalue weighted by Crippen LogP contribution is -1.77. The van der Waals surface area contributed by atoms with Crippen molar-refractivity contribution in [3.05, 3.63) is 0 Å². The highest BCUT2D eigenvalue weighted by Crippen LogP contribution is 2.19. The first-order valence-corrected chi connectivity index (χ1v) is 7.96. The van der Waals surface area contributed by atoms with Gasteiger partial charge in [0, 0.05) is 0 Å². The average molecular weight is 244 g/mol. The van der Waals surface area contributed by atoms with Crippen molar-refractivity contribution >= 4 is 29.8 Å². The zero-order valence-corrected chi connectivity index (χ0v) is 11.3. The normalized spacial score (nSPS) is 9.23. The summed E-state index contributed by atoms with van der Waals surface area (Å²) in [7, 11) is 0.361. The minimum absolute atomic E-state index is 0.361. The lowest BCUT2D eigenvalue weighted by molar-refractivity contribution is 0.585. The third-order valence-electron chi connectivity index (χ3n) is 1.96. The lowest BCUT2D eigenvalue weighted by Gasteiger charge is -1.97. The molecular formula is C10H22Cl2P. The van der Waals surface area contributed by atoms with Crippen LogP contribution < -0.4 is 0 Å². The second-order valence-corrected chi connectivity index (χ2v) is 4.85. The Morgan fingerprint density at radius 2 is 0.923 bits per heavy atom. The molecule has 0 heterocycles. The maximum Gasteiger partial charge on any atom is 0.141 e. The number of halogens is 2. The van der Waals surface area contributed by atoms with Crippen LogP contribution in [0.4, 0.5) is 0 Å². The van der Waals surface area contributed by atoms with Crippen LogP contribution in [0, 0.1) is 0 Å². The van der Waals surface area contributed by atoms with E-state index < -0.39 is 0 Å². The molecule has 0 aliphatic heterocycles. The minimum atomic E-state index is 0.361. The Kier molecular flexibility index (Phi) is 23.7. The Bertz CT molecular complexity index is 61.9. The first-order valence-electron chi connectivity index (χ1n) is 5.25. The molecule has 0 unspecified atom stereocenters. The summed E-state index contributed by atoms with van der Waals surface area (Å²) in [5.74, 6) is 0. The fourth-order valence-corrected chi connectivity index (χ4v) is 1.21. The molecular weight excluding hydrogens is 222 g/mol. The topological polar surface area (TPSA) is 0 Å². The van der Waals surface area contributed by atoms with Gasteiger partial charge in [-0.3, -0.25) is 0 Å². The van der Waals surface area contributed by atoms with Gasteiger partial charge in [-0.25, -0.2) is 0 Å². The minimum Gasteiger partial charge on any atom is -0.0704 e. The van der Waals surface area contributed by atoms with Crippen LogP contribution in [0.15, 0.2) is 0 Å². The molecule has 0 saturated carbocycles. The fourth-order valence-electron chi connectivity index (χ4n) is 1.21. The third kappa shape index (κ3) is 24.6. The zero-order chi connectivity index (χ0) is 10.4. The zero-order valence-electron chi connectivity index (χ0n) is 8.86. The molecule has 0 bridgehead atoms. The molecule has 81 valence electrons. The van der Waals surface area contributed by atoms with Gasteiger partial charge in [-0.05, 0) is 0 Å². The molecule has 0 saturated heterocycles. The van der Waals surface area contributed by atoms with E-state index >= 15 is 0 Å². The molecule has 0 amide bonds. The van der Waals surface area contributed by atoms with E-state index in [-0.39, 0.29) is 0 Å². The monoisotopic (exact) mass is 243 g/mol. The largest absolute Gasteiger partial charge is 0.141 e. The van der Waals surface area contributed by atoms with Gasteiger partial charge in [0.15, 0.2) is 0 Å². The van der Waals surface area contributed by atoms with Crippen molar-refractivity contribution in [3.63, 3.8) is 0 Å². The van der Waals surface area contributed by atoms with Crippen LogP contribution in [0.1, 0.15) is 65.2 Å². The van der Waals surface area contributed by atoms with Gasteiger partial charge in [-0.1, -0.05) is 87.7 Å². The predicted molar refractivity (Wildman–Crippen MR) is 66.9 cm³/mol. The Labute approximate surface area is 95.1 Å². The molecule has 0 atom stereocenters. The first kappa shape index (κ1) is 16.4. The van der Waals surface area contributed by atoms with Gasteiger partial charge in [0.25, 0.3) is 0 Å². The smallest absolute Gasteiger partial charge is 0.0704 e. The molecule has 0 aliphatic carbocycles. The lowest BCUT2D eigenvalue weighted by atomic mass is 10.1. The molecule has 0 rings (SSSR count). The van der Waals surface area contributed by atoms with Gasteiger partial charge >= 0.3 is 0 Å². The molecule has 0 nitrogen and oxygen atoms in total. The highest BCUT2D eigenvalue weighted by atomic mass is 35.9. The number of unbranched alkanes of at least 4 members (excludes halogenated alkanes) is 7. The summed E-state index contributed by atoms with van der Waals surface area (Å²) in [4.78, 5) is 0. The van der Waals surface area contributed by atoms with Crippen LogP contribution in [0.2, 0.25) is 0 Å². The molecule has 0 N–H and O–H groups in total. The van der Waals surface area contributed by atoms with Crippen LogP contribution in [-0.2, 0) is 0 Å². The van der Waals surface area contributed by atoms with E-state index in [4.69, 9.17) is 22.5 Å². The molecule has 0 aliphatic rings. The van der Waals surface area contributed by atoms with Crippen molar-refractivity contribution in [3.8, 4) is 0 Å². The van der Waals surface area contributed by atoms with Gasteiger partial charge in [0.05, 0.1) is 0 Å². The third-order valence-corrected chi connectivity index (χ3v) is 1.96. The van der Waals surface area contributed by atoms with Crippen molar-refractivity contribution in [1.29, 1.82) is 0 Å². The predicted octanol–water partition coefficient (Wildman–Crippen LogP) is 6.39. The van der Waals surface area contributed by atoms with E-state index in [2.05, 4.69) is 13.8 Å². The quantitative estimate of drug-likeness (QED) is 0.359. The highest BCUT2D eigenvalue weighted by Gasteiger charge is 1.87. The summed E-state index contributed by atoms with van der Waals surface area (Å²) in [5.41, 5.74) is 0. The molecule has 0 spiro atoms. The number of hydrogen-bond donors (Lipinski definition) is 0. The van der Waals surface area contributed by atoms with Crippen LogP contribution in [0.5, 0.6) is 0 Å². The number of rotatable bonds is 7. The van der Waals surface area contributed by atoms with Crippen LogP contribution in [0.3, 0.4) is 0 Å². The first-order chi connectivity index (χ1) is 6.33. The summed E-state index contributed by atoms with van der Waals surface area (Å²) in [6.45, 7) is 4.54. The summed E-state index contributed by atoms with van der Waals surface area (Å²) in [5, 5.41) is 0. The van der Waals surface area contributed by atoms with Crippen molar-refractivity contribution < 1.29 is 0 Å². The Morgan fingerprint density at radius 1 is 0.692 bits per heavy atom. The molecule has 13 heavy (non-hydrogen) atoms. The SMILES string of the molecule is CCCCCCCCCC.Cl[P]Cl. The number of hydrogen-bond acceptors (Lipinski definition) is 0. The highest BCUT2D eigenvalue weighted by molar-refractivity contribution is 7.90. The summed E-state index contributed by atoms with van der Waals surface area (Å²) < 4.78 is 0. The van der Waals surface area contributed by atoms with Crippen molar-refractivity contribution in [2.45, 2.75) is 65.2 Å². The molecule has 1 radical (unpaired) electrons. The van der Waals surface area contributed by atoms with Gasteiger partial charge in [-0.2, -0.15) is 0 Å². The Hall–Kier alpha value is 1.01. The molecule has 0 aromatic rings. The van der Waals surface area contributed by atoms with E-state index in [0.29, 0.717) is 7.29 Å². The van der Waals surface area contributed by atoms with E-state index in [1.807, 2.05) is 0 Å². The summed E-state index contributed by atoms with van der Waals surface area (Å²) in [6, 6.07) is 0. The van der Waals surface area contributed by atoms with Crippen molar-refractivity contribution in [2.24, 2.45) is 0 Å². The van der Waals surface area contributed by atoms with Gasteiger partial charge < -0.3 is 0 Å². The van der Waals surface area contributed by atoms with Crippen LogP contribution in [-0.4, -0.2) is 0 Å². The fraction of sp³-hybridized carbons (Fsp3) is 1.00. The van der Waals surface area contributed by atoms with Gasteiger partial charge in [0.1, 0.15) is 7.29 Å². The van der Waals surface area contributed by atoms with Crippen molar-refractivity contribution in [1.82, 2.24) is 0 Å². The van der Waals surface area contributed by atoms with Crippen LogP contribution in [0.25, 0.3) is 0 Å². The molecule has 0 fully saturated rings. The van der Waals surface area contributed by atoms with Crippen molar-refractivity contribution in [2.75, 3.05) is 0 Å².